The summed E-state index contributed by atoms with van der Waals surface area (Å²) < 4.78 is 78.8. The van der Waals surface area contributed by atoms with Gasteiger partial charge in [0.15, 0.2) is 11.5 Å². The Morgan fingerprint density at radius 2 is 1.69 bits per heavy atom. The molecule has 1 atom stereocenters. The van der Waals surface area contributed by atoms with Gasteiger partial charge in [-0.3, -0.25) is 9.10 Å². The standard InChI is InChI=1S/C24H20ClF3N2O5S/c25-19-11-10-16(24(26,27)28)12-20(19)30(36(32,33)18-6-2-1-3-7-18)14-23(31)29-13-17-15-34-21-8-4-5-9-22(21)35-17/h1-12,17H,13-15H2,(H,29,31). The lowest BCUT2D eigenvalue weighted by Gasteiger charge is -2.28. The number of amides is 1. The van der Waals surface area contributed by atoms with E-state index in [4.69, 9.17) is 21.1 Å². The van der Waals surface area contributed by atoms with E-state index < -0.39 is 46.0 Å². The van der Waals surface area contributed by atoms with Gasteiger partial charge in [-0.1, -0.05) is 41.9 Å². The highest BCUT2D eigenvalue weighted by molar-refractivity contribution is 7.92. The molecule has 7 nitrogen and oxygen atoms in total. The lowest BCUT2D eigenvalue weighted by atomic mass is 10.2. The van der Waals surface area contributed by atoms with Crippen molar-refractivity contribution in [2.45, 2.75) is 17.2 Å². The minimum absolute atomic E-state index is 0.0251. The molecule has 0 aromatic heterocycles. The Morgan fingerprint density at radius 1 is 1.03 bits per heavy atom. The Labute approximate surface area is 210 Å². The predicted octanol–water partition coefficient (Wildman–Crippen LogP) is 4.51. The van der Waals surface area contributed by atoms with Crippen molar-refractivity contribution in [2.24, 2.45) is 0 Å². The molecule has 0 aliphatic carbocycles. The van der Waals surface area contributed by atoms with E-state index in [9.17, 15) is 26.4 Å². The first-order valence-corrected chi connectivity index (χ1v) is 12.5. The molecule has 1 amide bonds. The largest absolute Gasteiger partial charge is 0.486 e. The van der Waals surface area contributed by atoms with Gasteiger partial charge < -0.3 is 14.8 Å². The Kier molecular flexibility index (Phi) is 7.32. The summed E-state index contributed by atoms with van der Waals surface area (Å²) in [6.45, 7) is -0.700. The molecule has 0 spiro atoms. The van der Waals surface area contributed by atoms with Gasteiger partial charge in [-0.2, -0.15) is 13.2 Å². The number of hydrogen-bond donors (Lipinski definition) is 1. The van der Waals surface area contributed by atoms with Crippen LogP contribution in [-0.4, -0.2) is 40.1 Å². The van der Waals surface area contributed by atoms with Gasteiger partial charge >= 0.3 is 6.18 Å². The number of anilines is 1. The van der Waals surface area contributed by atoms with E-state index in [1.165, 1.54) is 24.3 Å². The number of rotatable bonds is 7. The molecule has 1 unspecified atom stereocenters. The van der Waals surface area contributed by atoms with Crippen LogP contribution in [0, 0.1) is 0 Å². The summed E-state index contributed by atoms with van der Waals surface area (Å²) in [6.07, 6.45) is -5.31. The number of sulfonamides is 1. The van der Waals surface area contributed by atoms with Crippen molar-refractivity contribution in [3.05, 3.63) is 83.4 Å². The second kappa shape index (κ2) is 10.3. The zero-order chi connectivity index (χ0) is 25.9. The number of carbonyl (C=O) groups is 1. The molecule has 4 rings (SSSR count). The second-order valence-corrected chi connectivity index (χ2v) is 10.1. The number of nitrogens with one attached hydrogen (secondary N) is 1. The van der Waals surface area contributed by atoms with Crippen LogP contribution in [0.25, 0.3) is 0 Å². The van der Waals surface area contributed by atoms with Gasteiger partial charge in [-0.05, 0) is 42.5 Å². The number of nitrogens with zero attached hydrogens (tertiary/aromatic N) is 1. The Balaban J connectivity index is 1.58. The molecule has 3 aromatic rings. The lowest BCUT2D eigenvalue weighted by Crippen LogP contribution is -2.45. The van der Waals surface area contributed by atoms with Crippen molar-refractivity contribution in [1.82, 2.24) is 5.32 Å². The third-order valence-electron chi connectivity index (χ3n) is 5.25. The molecule has 0 bridgehead atoms. The summed E-state index contributed by atoms with van der Waals surface area (Å²) in [7, 11) is -4.45. The van der Waals surface area contributed by atoms with E-state index in [1.807, 2.05) is 0 Å². The monoisotopic (exact) mass is 540 g/mol. The summed E-state index contributed by atoms with van der Waals surface area (Å²) in [5.41, 5.74) is -1.58. The molecular weight excluding hydrogens is 521 g/mol. The van der Waals surface area contributed by atoms with E-state index in [2.05, 4.69) is 5.32 Å². The van der Waals surface area contributed by atoms with Crippen LogP contribution in [0.3, 0.4) is 0 Å². The van der Waals surface area contributed by atoms with Gasteiger partial charge in [0.1, 0.15) is 19.3 Å². The molecule has 1 heterocycles. The minimum Gasteiger partial charge on any atom is -0.486 e. The van der Waals surface area contributed by atoms with E-state index >= 15 is 0 Å². The van der Waals surface area contributed by atoms with E-state index in [-0.39, 0.29) is 23.1 Å². The maximum absolute atomic E-state index is 13.4. The van der Waals surface area contributed by atoms with Gasteiger partial charge in [-0.25, -0.2) is 8.42 Å². The second-order valence-electron chi connectivity index (χ2n) is 7.79. The van der Waals surface area contributed by atoms with Crippen molar-refractivity contribution in [3.8, 4) is 11.5 Å². The average Bonchev–Trinajstić information content (AvgIpc) is 2.86. The van der Waals surface area contributed by atoms with Crippen LogP contribution in [0.5, 0.6) is 11.5 Å². The number of para-hydroxylation sites is 2. The number of ether oxygens (including phenoxy) is 2. The van der Waals surface area contributed by atoms with E-state index in [0.29, 0.717) is 21.9 Å². The first-order valence-electron chi connectivity index (χ1n) is 10.7. The van der Waals surface area contributed by atoms with Crippen molar-refractivity contribution >= 4 is 33.2 Å². The fraction of sp³-hybridized carbons (Fsp3) is 0.208. The van der Waals surface area contributed by atoms with Crippen LogP contribution in [0.15, 0.2) is 77.7 Å². The number of alkyl halides is 3. The van der Waals surface area contributed by atoms with Crippen molar-refractivity contribution < 1.29 is 35.9 Å². The molecule has 0 fully saturated rings. The maximum atomic E-state index is 13.4. The Morgan fingerprint density at radius 3 is 2.39 bits per heavy atom. The molecule has 1 aliphatic rings. The van der Waals surface area contributed by atoms with Gasteiger partial charge in [0.05, 0.1) is 27.7 Å². The number of benzene rings is 3. The van der Waals surface area contributed by atoms with Crippen LogP contribution in [0.2, 0.25) is 5.02 Å². The Bertz CT molecular complexity index is 1350. The van der Waals surface area contributed by atoms with Crippen molar-refractivity contribution in [1.29, 1.82) is 0 Å². The summed E-state index contributed by atoms with van der Waals surface area (Å²) in [5.74, 6) is 0.275. The van der Waals surface area contributed by atoms with E-state index in [0.717, 1.165) is 12.1 Å². The first kappa shape index (κ1) is 25.6. The third-order valence-corrected chi connectivity index (χ3v) is 7.35. The van der Waals surface area contributed by atoms with Gasteiger partial charge in [-0.15, -0.1) is 0 Å². The van der Waals surface area contributed by atoms with Gasteiger partial charge in [0, 0.05) is 0 Å². The molecule has 12 heteroatoms. The number of carbonyl (C=O) groups excluding carboxylic acids is 1. The molecule has 1 N–H and O–H groups in total. The molecule has 36 heavy (non-hydrogen) atoms. The molecule has 3 aromatic carbocycles. The van der Waals surface area contributed by atoms with Crippen molar-refractivity contribution in [2.75, 3.05) is 24.0 Å². The number of halogens is 4. The van der Waals surface area contributed by atoms with Crippen molar-refractivity contribution in [3.63, 3.8) is 0 Å². The van der Waals surface area contributed by atoms with E-state index in [1.54, 1.807) is 30.3 Å². The first-order chi connectivity index (χ1) is 17.1. The minimum atomic E-state index is -4.75. The highest BCUT2D eigenvalue weighted by Gasteiger charge is 2.34. The lowest BCUT2D eigenvalue weighted by molar-refractivity contribution is -0.137. The maximum Gasteiger partial charge on any atom is 0.416 e. The topological polar surface area (TPSA) is 84.9 Å². The van der Waals surface area contributed by atoms with Crippen LogP contribution in [0.4, 0.5) is 18.9 Å². The smallest absolute Gasteiger partial charge is 0.416 e. The Hall–Kier alpha value is -3.44. The fourth-order valence-corrected chi connectivity index (χ4v) is 5.20. The van der Waals surface area contributed by atoms with Crippen LogP contribution in [0.1, 0.15) is 5.56 Å². The molecular formula is C24H20ClF3N2O5S. The molecule has 1 aliphatic heterocycles. The number of fused-ring (bicyclic) bond motifs is 1. The normalized spacial score (nSPS) is 15.3. The third kappa shape index (κ3) is 5.68. The summed E-state index contributed by atoms with van der Waals surface area (Å²) >= 11 is 6.12. The molecule has 0 saturated heterocycles. The van der Waals surface area contributed by atoms with Gasteiger partial charge in [0.2, 0.25) is 5.91 Å². The highest BCUT2D eigenvalue weighted by atomic mass is 35.5. The number of hydrogen-bond acceptors (Lipinski definition) is 5. The molecule has 0 saturated carbocycles. The summed E-state index contributed by atoms with van der Waals surface area (Å²) in [6, 6.07) is 16.3. The predicted molar refractivity (Wildman–Crippen MR) is 127 cm³/mol. The average molecular weight is 541 g/mol. The summed E-state index contributed by atoms with van der Waals surface area (Å²) in [5, 5.41) is 2.29. The molecule has 190 valence electrons. The van der Waals surface area contributed by atoms with Gasteiger partial charge in [0.25, 0.3) is 10.0 Å². The van der Waals surface area contributed by atoms with Crippen LogP contribution < -0.4 is 19.1 Å². The quantitative estimate of drug-likeness (QED) is 0.477. The zero-order valence-corrected chi connectivity index (χ0v) is 20.1. The highest BCUT2D eigenvalue weighted by Crippen LogP contribution is 2.37. The van der Waals surface area contributed by atoms with Crippen LogP contribution >= 0.6 is 11.6 Å². The molecule has 0 radical (unpaired) electrons. The SMILES string of the molecule is O=C(CN(c1cc(C(F)(F)F)ccc1Cl)S(=O)(=O)c1ccccc1)NCC1COc2ccccc2O1. The summed E-state index contributed by atoms with van der Waals surface area (Å²) in [4.78, 5) is 12.6. The van der Waals surface area contributed by atoms with Crippen LogP contribution in [-0.2, 0) is 21.0 Å². The fourth-order valence-electron chi connectivity index (χ4n) is 3.48. The zero-order valence-electron chi connectivity index (χ0n) is 18.5.